The average Bonchev–Trinajstić information content (AvgIpc) is 2.21. The van der Waals surface area contributed by atoms with Gasteiger partial charge in [-0.05, 0) is 24.6 Å². The fraction of sp³-hybridized carbons (Fsp3) is 0.364. The van der Waals surface area contributed by atoms with Crippen LogP contribution in [0.15, 0.2) is 18.2 Å². The minimum absolute atomic E-state index is 0.0947. The van der Waals surface area contributed by atoms with E-state index in [0.717, 1.165) is 5.56 Å². The van der Waals surface area contributed by atoms with Crippen molar-refractivity contribution in [2.24, 2.45) is 0 Å². The molecule has 1 aromatic rings. The molecule has 0 N–H and O–H groups in total. The molecular weight excluding hydrogens is 273 g/mol. The summed E-state index contributed by atoms with van der Waals surface area (Å²) in [7, 11) is 0. The number of carbonyl (C=O) groups is 1. The number of carbonyl (C=O) groups excluding carboxylic acids is 1. The number of hydrogen-bond acceptors (Lipinski definition) is 3. The molecule has 7 heteroatoms. The summed E-state index contributed by atoms with van der Waals surface area (Å²) in [6.07, 6.45) is -4.47. The smallest absolute Gasteiger partial charge is 0.411 e. The molecule has 0 aliphatic rings. The van der Waals surface area contributed by atoms with Gasteiger partial charge in [-0.2, -0.15) is 13.2 Å². The van der Waals surface area contributed by atoms with Crippen LogP contribution in [0, 0.1) is 6.92 Å². The first kappa shape index (κ1) is 14.8. The number of aryl methyl sites for hydroxylation is 1. The highest BCUT2D eigenvalue weighted by atomic mass is 35.5. The van der Waals surface area contributed by atoms with Crippen molar-refractivity contribution in [1.82, 2.24) is 0 Å². The molecular formula is C11H10ClF3O3. The number of hydrogen-bond donors (Lipinski definition) is 0. The predicted octanol–water partition coefficient (Wildman–Crippen LogP) is 3.13. The zero-order valence-corrected chi connectivity index (χ0v) is 10.1. The van der Waals surface area contributed by atoms with Gasteiger partial charge in [0.1, 0.15) is 19.0 Å². The molecule has 0 radical (unpaired) electrons. The molecule has 0 saturated carbocycles. The van der Waals surface area contributed by atoms with Gasteiger partial charge in [-0.15, -0.1) is 0 Å². The summed E-state index contributed by atoms with van der Waals surface area (Å²) in [5.41, 5.74) is 0.804. The normalized spacial score (nSPS) is 11.4. The average molecular weight is 283 g/mol. The third-order valence-corrected chi connectivity index (χ3v) is 2.11. The molecule has 0 saturated heterocycles. The van der Waals surface area contributed by atoms with E-state index in [2.05, 4.69) is 4.74 Å². The van der Waals surface area contributed by atoms with Gasteiger partial charge in [0.05, 0.1) is 5.02 Å². The first-order chi connectivity index (χ1) is 8.28. The topological polar surface area (TPSA) is 35.5 Å². The van der Waals surface area contributed by atoms with Crippen molar-refractivity contribution in [3.63, 3.8) is 0 Å². The summed E-state index contributed by atoms with van der Waals surface area (Å²) < 4.78 is 44.2. The Bertz CT molecular complexity index is 432. The van der Waals surface area contributed by atoms with E-state index in [-0.39, 0.29) is 10.8 Å². The van der Waals surface area contributed by atoms with E-state index in [4.69, 9.17) is 16.3 Å². The fourth-order valence-electron chi connectivity index (χ4n) is 1.09. The number of alkyl halides is 3. The van der Waals surface area contributed by atoms with E-state index in [1.165, 1.54) is 12.1 Å². The van der Waals surface area contributed by atoms with Crippen molar-refractivity contribution in [2.75, 3.05) is 13.2 Å². The molecule has 0 unspecified atom stereocenters. The van der Waals surface area contributed by atoms with Crippen LogP contribution in [0.2, 0.25) is 5.02 Å². The third kappa shape index (κ3) is 5.37. The minimum atomic E-state index is -4.47. The van der Waals surface area contributed by atoms with E-state index in [1.54, 1.807) is 13.0 Å². The largest absolute Gasteiger partial charge is 0.423 e. The van der Waals surface area contributed by atoms with E-state index in [9.17, 15) is 18.0 Å². The van der Waals surface area contributed by atoms with Crippen LogP contribution in [0.3, 0.4) is 0 Å². The lowest BCUT2D eigenvalue weighted by atomic mass is 10.2. The van der Waals surface area contributed by atoms with Crippen molar-refractivity contribution in [1.29, 1.82) is 0 Å². The lowest BCUT2D eigenvalue weighted by molar-refractivity contribution is -0.178. The number of rotatable bonds is 4. The van der Waals surface area contributed by atoms with Gasteiger partial charge in [0, 0.05) is 0 Å². The van der Waals surface area contributed by atoms with Crippen molar-refractivity contribution < 1.29 is 27.4 Å². The van der Waals surface area contributed by atoms with Crippen LogP contribution in [0.1, 0.15) is 5.56 Å². The zero-order valence-electron chi connectivity index (χ0n) is 9.38. The Kier molecular flexibility index (Phi) is 4.98. The second-order valence-corrected chi connectivity index (χ2v) is 3.92. The van der Waals surface area contributed by atoms with Crippen LogP contribution in [0.4, 0.5) is 13.2 Å². The summed E-state index contributed by atoms with van der Waals surface area (Å²) in [6.45, 7) is -0.527. The Labute approximate surface area is 106 Å². The SMILES string of the molecule is Cc1ccc(Cl)c(OC(=O)COCC(F)(F)F)c1. The van der Waals surface area contributed by atoms with Crippen LogP contribution in [-0.4, -0.2) is 25.4 Å². The maximum Gasteiger partial charge on any atom is 0.411 e. The Morgan fingerprint density at radius 2 is 2.06 bits per heavy atom. The summed E-state index contributed by atoms with van der Waals surface area (Å²) in [4.78, 5) is 11.2. The second-order valence-electron chi connectivity index (χ2n) is 3.52. The molecule has 1 rings (SSSR count). The van der Waals surface area contributed by atoms with Crippen molar-refractivity contribution in [3.8, 4) is 5.75 Å². The van der Waals surface area contributed by atoms with Gasteiger partial charge < -0.3 is 9.47 Å². The Morgan fingerprint density at radius 1 is 1.39 bits per heavy atom. The number of esters is 1. The maximum absolute atomic E-state index is 11.8. The standard InChI is InChI=1S/C11H10ClF3O3/c1-7-2-3-8(12)9(4-7)18-10(16)5-17-6-11(13,14)15/h2-4H,5-6H2,1H3. The van der Waals surface area contributed by atoms with Gasteiger partial charge in [-0.25, -0.2) is 4.79 Å². The molecule has 0 aliphatic carbocycles. The number of benzene rings is 1. The lowest BCUT2D eigenvalue weighted by Crippen LogP contribution is -2.22. The minimum Gasteiger partial charge on any atom is -0.423 e. The first-order valence-electron chi connectivity index (χ1n) is 4.89. The molecule has 0 aromatic heterocycles. The number of ether oxygens (including phenoxy) is 2. The van der Waals surface area contributed by atoms with E-state index in [0.29, 0.717) is 0 Å². The fourth-order valence-corrected chi connectivity index (χ4v) is 1.25. The maximum atomic E-state index is 11.8. The Balaban J connectivity index is 2.47. The van der Waals surface area contributed by atoms with E-state index < -0.39 is 25.4 Å². The van der Waals surface area contributed by atoms with Gasteiger partial charge >= 0.3 is 12.1 Å². The molecule has 0 bridgehead atoms. The van der Waals surface area contributed by atoms with Crippen molar-refractivity contribution in [3.05, 3.63) is 28.8 Å². The van der Waals surface area contributed by atoms with Gasteiger partial charge in [-0.1, -0.05) is 17.7 Å². The van der Waals surface area contributed by atoms with Gasteiger partial charge in [0.25, 0.3) is 0 Å². The molecule has 0 amide bonds. The van der Waals surface area contributed by atoms with Crippen LogP contribution < -0.4 is 4.74 Å². The molecule has 0 aliphatic heterocycles. The molecule has 1 aromatic carbocycles. The van der Waals surface area contributed by atoms with Crippen LogP contribution >= 0.6 is 11.6 Å². The van der Waals surface area contributed by atoms with Crippen LogP contribution in [0.5, 0.6) is 5.75 Å². The quantitative estimate of drug-likeness (QED) is 0.629. The van der Waals surface area contributed by atoms with E-state index in [1.807, 2.05) is 0 Å². The molecule has 100 valence electrons. The first-order valence-corrected chi connectivity index (χ1v) is 5.27. The summed E-state index contributed by atoms with van der Waals surface area (Å²) in [6, 6.07) is 4.74. The number of halogens is 4. The molecule has 0 fully saturated rings. The zero-order chi connectivity index (χ0) is 13.8. The van der Waals surface area contributed by atoms with Crippen molar-refractivity contribution >= 4 is 17.6 Å². The van der Waals surface area contributed by atoms with Gasteiger partial charge in [0.2, 0.25) is 0 Å². The molecule has 3 nitrogen and oxygen atoms in total. The predicted molar refractivity (Wildman–Crippen MR) is 58.7 cm³/mol. The molecule has 0 atom stereocenters. The van der Waals surface area contributed by atoms with Crippen LogP contribution in [-0.2, 0) is 9.53 Å². The summed E-state index contributed by atoms with van der Waals surface area (Å²) in [5.74, 6) is -0.843. The van der Waals surface area contributed by atoms with Gasteiger partial charge in [0.15, 0.2) is 0 Å². The molecule has 0 heterocycles. The Morgan fingerprint density at radius 3 is 2.67 bits per heavy atom. The highest BCUT2D eigenvalue weighted by Crippen LogP contribution is 2.25. The Hall–Kier alpha value is -1.27. The molecule has 0 spiro atoms. The highest BCUT2D eigenvalue weighted by Gasteiger charge is 2.28. The molecule has 18 heavy (non-hydrogen) atoms. The monoisotopic (exact) mass is 282 g/mol. The summed E-state index contributed by atoms with van der Waals surface area (Å²) in [5, 5.41) is 0.199. The van der Waals surface area contributed by atoms with Crippen molar-refractivity contribution in [2.45, 2.75) is 13.1 Å². The summed E-state index contributed by atoms with van der Waals surface area (Å²) >= 11 is 5.75. The second kappa shape index (κ2) is 6.06. The van der Waals surface area contributed by atoms with E-state index >= 15 is 0 Å². The third-order valence-electron chi connectivity index (χ3n) is 1.80. The lowest BCUT2D eigenvalue weighted by Gasteiger charge is -2.09. The van der Waals surface area contributed by atoms with Crippen LogP contribution in [0.25, 0.3) is 0 Å². The van der Waals surface area contributed by atoms with Gasteiger partial charge in [-0.3, -0.25) is 0 Å². The highest BCUT2D eigenvalue weighted by molar-refractivity contribution is 6.32.